The molecule has 2 N–H and O–H groups in total. The fraction of sp³-hybridized carbons (Fsp3) is 0.0714. The Morgan fingerprint density at radius 2 is 1.75 bits per heavy atom. The van der Waals surface area contributed by atoms with Crippen LogP contribution >= 0.6 is 0 Å². The molecule has 1 aliphatic rings. The predicted molar refractivity (Wildman–Crippen MR) is 67.1 cm³/mol. The molecule has 0 fully saturated rings. The summed E-state index contributed by atoms with van der Waals surface area (Å²) in [5, 5.41) is 0. The molecular weight excluding hydrogens is 196 g/mol. The zero-order valence-electron chi connectivity index (χ0n) is 8.85. The molecule has 2 heteroatoms. The van der Waals surface area contributed by atoms with Gasteiger partial charge in [-0.15, -0.1) is 0 Å². The Bertz CT molecular complexity index is 573. The summed E-state index contributed by atoms with van der Waals surface area (Å²) in [6.07, 6.45) is 0. The van der Waals surface area contributed by atoms with E-state index in [9.17, 15) is 0 Å². The lowest BCUT2D eigenvalue weighted by Crippen LogP contribution is -2.08. The second kappa shape index (κ2) is 3.29. The number of rotatable bonds is 1. The molecule has 3 rings (SSSR count). The topological polar surface area (TPSA) is 38.4 Å². The van der Waals surface area contributed by atoms with E-state index in [4.69, 9.17) is 5.73 Å². The standard InChI is InChI=1S/C14H12N2/c1-16-12-8-4-7-10-9-5-2-3-6-11(9)14(15)13(10)12/h2-8,14H,1,15H2. The van der Waals surface area contributed by atoms with Gasteiger partial charge in [0.15, 0.2) is 0 Å². The van der Waals surface area contributed by atoms with Gasteiger partial charge in [-0.2, -0.15) is 0 Å². The molecule has 0 heterocycles. The monoisotopic (exact) mass is 208 g/mol. The van der Waals surface area contributed by atoms with Gasteiger partial charge in [-0.25, -0.2) is 0 Å². The van der Waals surface area contributed by atoms with E-state index in [0.717, 1.165) is 11.3 Å². The fourth-order valence-corrected chi connectivity index (χ4v) is 2.42. The molecule has 0 amide bonds. The first-order valence-electron chi connectivity index (χ1n) is 5.27. The molecule has 78 valence electrons. The Morgan fingerprint density at radius 1 is 1.00 bits per heavy atom. The summed E-state index contributed by atoms with van der Waals surface area (Å²) in [5.41, 5.74) is 11.8. The Hall–Kier alpha value is -1.93. The Balaban J connectivity index is 2.36. The number of fused-ring (bicyclic) bond motifs is 3. The van der Waals surface area contributed by atoms with Crippen LogP contribution in [0.3, 0.4) is 0 Å². The van der Waals surface area contributed by atoms with Gasteiger partial charge in [0.25, 0.3) is 0 Å². The van der Waals surface area contributed by atoms with E-state index in [-0.39, 0.29) is 6.04 Å². The van der Waals surface area contributed by atoms with Crippen molar-refractivity contribution in [2.75, 3.05) is 0 Å². The molecule has 1 aliphatic carbocycles. The summed E-state index contributed by atoms with van der Waals surface area (Å²) in [6, 6.07) is 14.2. The van der Waals surface area contributed by atoms with Crippen LogP contribution in [0.15, 0.2) is 47.5 Å². The third-order valence-corrected chi connectivity index (χ3v) is 3.15. The van der Waals surface area contributed by atoms with Crippen LogP contribution in [0, 0.1) is 0 Å². The van der Waals surface area contributed by atoms with Crippen molar-refractivity contribution in [1.29, 1.82) is 0 Å². The van der Waals surface area contributed by atoms with Crippen molar-refractivity contribution in [3.63, 3.8) is 0 Å². The SMILES string of the molecule is C=Nc1cccc2c1C(N)c1ccccc1-2. The summed E-state index contributed by atoms with van der Waals surface area (Å²) < 4.78 is 0. The predicted octanol–water partition coefficient (Wildman–Crippen LogP) is 3.05. The smallest absolute Gasteiger partial charge is 0.0679 e. The third-order valence-electron chi connectivity index (χ3n) is 3.15. The van der Waals surface area contributed by atoms with Crippen LogP contribution in [0.4, 0.5) is 5.69 Å². The molecule has 16 heavy (non-hydrogen) atoms. The van der Waals surface area contributed by atoms with E-state index in [0.29, 0.717) is 0 Å². The fourth-order valence-electron chi connectivity index (χ4n) is 2.42. The van der Waals surface area contributed by atoms with Crippen molar-refractivity contribution in [2.45, 2.75) is 6.04 Å². The third kappa shape index (κ3) is 1.08. The van der Waals surface area contributed by atoms with E-state index in [1.165, 1.54) is 16.7 Å². The maximum Gasteiger partial charge on any atom is 0.0679 e. The zero-order chi connectivity index (χ0) is 11.1. The molecule has 0 spiro atoms. The van der Waals surface area contributed by atoms with Crippen molar-refractivity contribution in [2.24, 2.45) is 10.7 Å². The zero-order valence-corrected chi connectivity index (χ0v) is 8.85. The highest BCUT2D eigenvalue weighted by atomic mass is 14.7. The summed E-state index contributed by atoms with van der Waals surface area (Å²) in [7, 11) is 0. The quantitative estimate of drug-likeness (QED) is 0.719. The van der Waals surface area contributed by atoms with Crippen molar-refractivity contribution in [3.05, 3.63) is 53.6 Å². The summed E-state index contributed by atoms with van der Waals surface area (Å²) in [4.78, 5) is 4.05. The van der Waals surface area contributed by atoms with Crippen LogP contribution in [0.2, 0.25) is 0 Å². The minimum atomic E-state index is -0.0760. The molecule has 2 aromatic carbocycles. The number of benzene rings is 2. The van der Waals surface area contributed by atoms with E-state index in [1.54, 1.807) is 0 Å². The highest BCUT2D eigenvalue weighted by Crippen LogP contribution is 2.45. The number of hydrogen-bond donors (Lipinski definition) is 1. The molecule has 1 atom stereocenters. The minimum Gasteiger partial charge on any atom is -0.320 e. The first kappa shape index (κ1) is 9.31. The average molecular weight is 208 g/mol. The van der Waals surface area contributed by atoms with E-state index >= 15 is 0 Å². The van der Waals surface area contributed by atoms with Gasteiger partial charge in [0.05, 0.1) is 11.7 Å². The van der Waals surface area contributed by atoms with Gasteiger partial charge in [-0.3, -0.25) is 4.99 Å². The maximum absolute atomic E-state index is 6.25. The maximum atomic E-state index is 6.25. The van der Waals surface area contributed by atoms with Crippen LogP contribution in [-0.2, 0) is 0 Å². The largest absolute Gasteiger partial charge is 0.320 e. The number of hydrogen-bond acceptors (Lipinski definition) is 2. The summed E-state index contributed by atoms with van der Waals surface area (Å²) in [5.74, 6) is 0. The van der Waals surface area contributed by atoms with Gasteiger partial charge in [-0.1, -0.05) is 36.4 Å². The number of aliphatic imine (C=N–C) groups is 1. The average Bonchev–Trinajstić information content (AvgIpc) is 2.64. The Labute approximate surface area is 94.4 Å². The Kier molecular flexibility index (Phi) is 1.91. The first-order valence-corrected chi connectivity index (χ1v) is 5.27. The van der Waals surface area contributed by atoms with E-state index in [1.807, 2.05) is 24.3 Å². The lowest BCUT2D eigenvalue weighted by Gasteiger charge is -2.08. The van der Waals surface area contributed by atoms with E-state index in [2.05, 4.69) is 29.9 Å². The second-order valence-electron chi connectivity index (χ2n) is 3.96. The molecule has 0 bridgehead atoms. The lowest BCUT2D eigenvalue weighted by atomic mass is 10.0. The van der Waals surface area contributed by atoms with Gasteiger partial charge >= 0.3 is 0 Å². The molecule has 0 saturated carbocycles. The molecule has 0 aromatic heterocycles. The lowest BCUT2D eigenvalue weighted by molar-refractivity contribution is 0.901. The van der Waals surface area contributed by atoms with Crippen LogP contribution in [0.1, 0.15) is 17.2 Å². The normalized spacial score (nSPS) is 16.7. The molecule has 2 aromatic rings. The van der Waals surface area contributed by atoms with Gasteiger partial charge in [0.1, 0.15) is 0 Å². The highest BCUT2D eigenvalue weighted by Gasteiger charge is 2.27. The van der Waals surface area contributed by atoms with Crippen LogP contribution in [0.25, 0.3) is 11.1 Å². The minimum absolute atomic E-state index is 0.0760. The van der Waals surface area contributed by atoms with E-state index < -0.39 is 0 Å². The van der Waals surface area contributed by atoms with Gasteiger partial charge < -0.3 is 5.73 Å². The molecule has 0 aliphatic heterocycles. The highest BCUT2D eigenvalue weighted by molar-refractivity contribution is 5.83. The number of nitrogens with two attached hydrogens (primary N) is 1. The van der Waals surface area contributed by atoms with Gasteiger partial charge in [0, 0.05) is 5.56 Å². The molecular formula is C14H12N2. The van der Waals surface area contributed by atoms with Crippen LogP contribution < -0.4 is 5.73 Å². The van der Waals surface area contributed by atoms with Gasteiger partial charge in [0.2, 0.25) is 0 Å². The molecule has 0 saturated heterocycles. The first-order chi connectivity index (χ1) is 7.83. The molecule has 1 unspecified atom stereocenters. The van der Waals surface area contributed by atoms with Crippen molar-refractivity contribution >= 4 is 12.4 Å². The summed E-state index contributed by atoms with van der Waals surface area (Å²) in [6.45, 7) is 3.60. The van der Waals surface area contributed by atoms with Crippen molar-refractivity contribution in [3.8, 4) is 11.1 Å². The van der Waals surface area contributed by atoms with Crippen molar-refractivity contribution < 1.29 is 0 Å². The second-order valence-corrected chi connectivity index (χ2v) is 3.96. The molecule has 2 nitrogen and oxygen atoms in total. The van der Waals surface area contributed by atoms with Gasteiger partial charge in [-0.05, 0) is 29.5 Å². The Morgan fingerprint density at radius 3 is 2.56 bits per heavy atom. The number of nitrogens with zero attached hydrogens (tertiary/aromatic N) is 1. The van der Waals surface area contributed by atoms with Crippen LogP contribution in [-0.4, -0.2) is 6.72 Å². The molecule has 0 radical (unpaired) electrons. The van der Waals surface area contributed by atoms with Crippen molar-refractivity contribution in [1.82, 2.24) is 0 Å². The summed E-state index contributed by atoms with van der Waals surface area (Å²) >= 11 is 0. The van der Waals surface area contributed by atoms with Crippen LogP contribution in [0.5, 0.6) is 0 Å².